The van der Waals surface area contributed by atoms with Gasteiger partial charge in [0.2, 0.25) is 14.9 Å². The first-order valence-electron chi connectivity index (χ1n) is 10.1. The maximum atomic E-state index is 13.4. The molecule has 5 rings (SSSR count). The minimum atomic E-state index is -3.96. The summed E-state index contributed by atoms with van der Waals surface area (Å²) in [5, 5.41) is 11.9. The molecule has 0 saturated carbocycles. The molecule has 11 heteroatoms. The first-order valence-corrected chi connectivity index (χ1v) is 12.3. The van der Waals surface area contributed by atoms with Crippen LogP contribution in [-0.2, 0) is 9.84 Å². The van der Waals surface area contributed by atoms with E-state index < -0.39 is 9.84 Å². The van der Waals surface area contributed by atoms with Crippen molar-refractivity contribution in [3.8, 4) is 11.5 Å². The van der Waals surface area contributed by atoms with Crippen LogP contribution in [0.5, 0.6) is 11.5 Å². The Morgan fingerprint density at radius 2 is 1.68 bits per heavy atom. The Balaban J connectivity index is 1.69. The van der Waals surface area contributed by atoms with Crippen LogP contribution in [0.25, 0.3) is 16.6 Å². The van der Waals surface area contributed by atoms with Gasteiger partial charge in [0.15, 0.2) is 17.1 Å². The zero-order chi connectivity index (χ0) is 23.9. The van der Waals surface area contributed by atoms with Crippen molar-refractivity contribution in [1.82, 2.24) is 19.8 Å². The molecule has 0 radical (unpaired) electrons. The second-order valence-corrected chi connectivity index (χ2v) is 10.0. The fourth-order valence-electron chi connectivity index (χ4n) is 3.59. The van der Waals surface area contributed by atoms with Gasteiger partial charge in [-0.05, 0) is 48.5 Å². The third kappa shape index (κ3) is 3.72. The van der Waals surface area contributed by atoms with E-state index in [0.29, 0.717) is 28.5 Å². The number of nitrogens with one attached hydrogen (secondary N) is 1. The van der Waals surface area contributed by atoms with E-state index in [9.17, 15) is 8.42 Å². The first kappa shape index (κ1) is 22.1. The summed E-state index contributed by atoms with van der Waals surface area (Å²) in [7, 11) is -0.841. The van der Waals surface area contributed by atoms with Gasteiger partial charge in [0.1, 0.15) is 5.82 Å². The zero-order valence-electron chi connectivity index (χ0n) is 18.1. The standard InChI is InChI=1S/C23H18BrN5O4S/c1-32-19-12-9-15(13-20(19)33-2)25-21-17-5-3-4-6-18(17)29-22(26-21)23(27-28-29)34(30,31)16-10-7-14(24)8-11-16/h3-13H,1-2H3,(H,25,26). The quantitative estimate of drug-likeness (QED) is 0.332. The molecule has 0 aliphatic carbocycles. The molecular formula is C23H18BrN5O4S. The molecule has 2 heterocycles. The van der Waals surface area contributed by atoms with Crippen molar-refractivity contribution < 1.29 is 17.9 Å². The molecule has 0 fully saturated rings. The number of ether oxygens (including phenoxy) is 2. The van der Waals surface area contributed by atoms with Crippen molar-refractivity contribution >= 4 is 53.8 Å². The van der Waals surface area contributed by atoms with Crippen LogP contribution in [0.3, 0.4) is 0 Å². The molecule has 0 bridgehead atoms. The first-order chi connectivity index (χ1) is 16.4. The molecule has 5 aromatic rings. The second-order valence-electron chi connectivity index (χ2n) is 7.26. The highest BCUT2D eigenvalue weighted by Gasteiger charge is 2.27. The lowest BCUT2D eigenvalue weighted by molar-refractivity contribution is 0.355. The number of halogens is 1. The van der Waals surface area contributed by atoms with Gasteiger partial charge < -0.3 is 14.8 Å². The van der Waals surface area contributed by atoms with Gasteiger partial charge in [0.25, 0.3) is 0 Å². The van der Waals surface area contributed by atoms with Crippen LogP contribution < -0.4 is 14.8 Å². The van der Waals surface area contributed by atoms with E-state index in [2.05, 4.69) is 36.5 Å². The van der Waals surface area contributed by atoms with Gasteiger partial charge in [0.05, 0.1) is 24.6 Å². The van der Waals surface area contributed by atoms with E-state index in [1.54, 1.807) is 38.5 Å². The number of sulfone groups is 1. The van der Waals surface area contributed by atoms with Gasteiger partial charge in [0, 0.05) is 21.6 Å². The predicted molar refractivity (Wildman–Crippen MR) is 131 cm³/mol. The normalized spacial score (nSPS) is 11.6. The number of fused-ring (bicyclic) bond motifs is 3. The molecule has 0 unspecified atom stereocenters. The van der Waals surface area contributed by atoms with Crippen molar-refractivity contribution in [2.75, 3.05) is 19.5 Å². The summed E-state index contributed by atoms with van der Waals surface area (Å²) in [5.74, 6) is 1.58. The monoisotopic (exact) mass is 539 g/mol. The summed E-state index contributed by atoms with van der Waals surface area (Å²) in [5.41, 5.74) is 1.45. The molecular weight excluding hydrogens is 522 g/mol. The third-order valence-electron chi connectivity index (χ3n) is 5.25. The number of hydrogen-bond donors (Lipinski definition) is 1. The smallest absolute Gasteiger partial charge is 0.229 e. The number of nitrogens with zero attached hydrogens (tertiary/aromatic N) is 4. The van der Waals surface area contributed by atoms with E-state index in [4.69, 9.17) is 9.47 Å². The fourth-order valence-corrected chi connectivity index (χ4v) is 5.09. The molecule has 34 heavy (non-hydrogen) atoms. The molecule has 1 N–H and O–H groups in total. The van der Waals surface area contributed by atoms with Crippen LogP contribution in [0.4, 0.5) is 11.5 Å². The number of rotatable bonds is 6. The van der Waals surface area contributed by atoms with Crippen LogP contribution in [0.1, 0.15) is 0 Å². The highest BCUT2D eigenvalue weighted by Crippen LogP contribution is 2.33. The highest BCUT2D eigenvalue weighted by atomic mass is 79.9. The number of aromatic nitrogens is 4. The third-order valence-corrected chi connectivity index (χ3v) is 7.44. The summed E-state index contributed by atoms with van der Waals surface area (Å²) in [6, 6.07) is 19.1. The summed E-state index contributed by atoms with van der Waals surface area (Å²) >= 11 is 3.32. The Labute approximate surface area is 203 Å². The lowest BCUT2D eigenvalue weighted by Gasteiger charge is -2.13. The fraction of sp³-hybridized carbons (Fsp3) is 0.0870. The molecule has 2 aromatic heterocycles. The molecule has 0 spiro atoms. The van der Waals surface area contributed by atoms with Crippen LogP contribution in [0.15, 0.2) is 81.1 Å². The van der Waals surface area contributed by atoms with Gasteiger partial charge in [-0.3, -0.25) is 0 Å². The summed E-state index contributed by atoms with van der Waals surface area (Å²) in [4.78, 5) is 4.73. The van der Waals surface area contributed by atoms with Crippen molar-refractivity contribution in [1.29, 1.82) is 0 Å². The second kappa shape index (κ2) is 8.58. The van der Waals surface area contributed by atoms with E-state index in [0.717, 1.165) is 9.86 Å². The molecule has 0 atom stereocenters. The van der Waals surface area contributed by atoms with Gasteiger partial charge in [-0.25, -0.2) is 13.4 Å². The van der Waals surface area contributed by atoms with Gasteiger partial charge in [-0.2, -0.15) is 4.52 Å². The molecule has 0 aliphatic rings. The van der Waals surface area contributed by atoms with Crippen molar-refractivity contribution in [2.24, 2.45) is 0 Å². The van der Waals surface area contributed by atoms with Gasteiger partial charge >= 0.3 is 0 Å². The Morgan fingerprint density at radius 1 is 0.941 bits per heavy atom. The lowest BCUT2D eigenvalue weighted by Crippen LogP contribution is -2.05. The van der Waals surface area contributed by atoms with Crippen LogP contribution in [-0.4, -0.2) is 42.4 Å². The number of benzene rings is 3. The Morgan fingerprint density at radius 3 is 2.41 bits per heavy atom. The number of methoxy groups -OCH3 is 2. The summed E-state index contributed by atoms with van der Waals surface area (Å²) in [6.45, 7) is 0. The minimum Gasteiger partial charge on any atom is -0.493 e. The summed E-state index contributed by atoms with van der Waals surface area (Å²) < 4.78 is 39.6. The molecule has 172 valence electrons. The number of para-hydroxylation sites is 1. The molecule has 3 aromatic carbocycles. The molecule has 9 nitrogen and oxygen atoms in total. The maximum absolute atomic E-state index is 13.4. The topological polar surface area (TPSA) is 108 Å². The molecule has 0 saturated heterocycles. The van der Waals surface area contributed by atoms with Crippen LogP contribution in [0.2, 0.25) is 0 Å². The Bertz CT molecular complexity index is 1640. The summed E-state index contributed by atoms with van der Waals surface area (Å²) in [6.07, 6.45) is 0. The lowest BCUT2D eigenvalue weighted by atomic mass is 10.2. The van der Waals surface area contributed by atoms with Gasteiger partial charge in [-0.1, -0.05) is 33.3 Å². The van der Waals surface area contributed by atoms with Crippen molar-refractivity contribution in [3.63, 3.8) is 0 Å². The van der Waals surface area contributed by atoms with Crippen molar-refractivity contribution in [2.45, 2.75) is 9.92 Å². The molecule has 0 aliphatic heterocycles. The zero-order valence-corrected chi connectivity index (χ0v) is 20.5. The predicted octanol–water partition coefficient (Wildman–Crippen LogP) is 4.63. The Kier molecular flexibility index (Phi) is 5.58. The number of anilines is 2. The SMILES string of the molecule is COc1ccc(Nc2nc3c(S(=O)(=O)c4ccc(Br)cc4)nnn3c3ccccc23)cc1OC. The van der Waals surface area contributed by atoms with E-state index in [-0.39, 0.29) is 15.6 Å². The average molecular weight is 540 g/mol. The van der Waals surface area contributed by atoms with E-state index >= 15 is 0 Å². The molecule has 0 amide bonds. The minimum absolute atomic E-state index is 0.0995. The highest BCUT2D eigenvalue weighted by molar-refractivity contribution is 9.10. The largest absolute Gasteiger partial charge is 0.493 e. The van der Waals surface area contributed by atoms with Crippen LogP contribution >= 0.6 is 15.9 Å². The maximum Gasteiger partial charge on any atom is 0.229 e. The van der Waals surface area contributed by atoms with E-state index in [1.807, 2.05) is 30.3 Å². The average Bonchev–Trinajstić information content (AvgIpc) is 3.29. The number of hydrogen-bond acceptors (Lipinski definition) is 8. The Hall–Kier alpha value is -3.70. The van der Waals surface area contributed by atoms with Crippen molar-refractivity contribution in [3.05, 3.63) is 71.2 Å². The van der Waals surface area contributed by atoms with Gasteiger partial charge in [-0.15, -0.1) is 5.10 Å². The van der Waals surface area contributed by atoms with Crippen LogP contribution in [0, 0.1) is 0 Å². The van der Waals surface area contributed by atoms with E-state index in [1.165, 1.54) is 16.6 Å².